The maximum atomic E-state index is 15.7. The van der Waals surface area contributed by atoms with E-state index in [-0.39, 0.29) is 64.0 Å². The summed E-state index contributed by atoms with van der Waals surface area (Å²) in [6, 6.07) is 7.98. The lowest BCUT2D eigenvalue weighted by Gasteiger charge is -2.34. The number of primary amides is 5. The number of fused-ring (bicyclic) bond motifs is 2. The minimum absolute atomic E-state index is 0.0908. The summed E-state index contributed by atoms with van der Waals surface area (Å²) in [7, 11) is 0. The number of aromatic nitrogens is 1. The summed E-state index contributed by atoms with van der Waals surface area (Å²) in [6.07, 6.45) is -5.21. The number of amides is 17. The van der Waals surface area contributed by atoms with Gasteiger partial charge in [0.25, 0.3) is 0 Å². The molecule has 6 rings (SSSR count). The molecule has 0 saturated carbocycles. The van der Waals surface area contributed by atoms with E-state index < -0.39 is 230 Å². The molecule has 0 spiro atoms. The average molecular weight is 1620 g/mol. The molecule has 1 saturated heterocycles. The fourth-order valence-electron chi connectivity index (χ4n) is 12.3. The minimum atomic E-state index is -2.10. The van der Waals surface area contributed by atoms with Crippen LogP contribution in [0.4, 0.5) is 0 Å². The molecule has 40 heteroatoms. The van der Waals surface area contributed by atoms with Crippen molar-refractivity contribution in [3.63, 3.8) is 0 Å². The molecule has 0 unspecified atom stereocenters. The highest BCUT2D eigenvalue weighted by molar-refractivity contribution is 7.99. The van der Waals surface area contributed by atoms with E-state index in [0.29, 0.717) is 38.7 Å². The maximum Gasteiger partial charge on any atom is 0.246 e. The van der Waals surface area contributed by atoms with Gasteiger partial charge in [0, 0.05) is 68.4 Å². The number of unbranched alkanes of at least 4 members (excludes halogenated alkanes) is 1. The van der Waals surface area contributed by atoms with Gasteiger partial charge in [-0.05, 0) is 110 Å². The van der Waals surface area contributed by atoms with E-state index in [1.54, 1.807) is 91.1 Å². The molecule has 115 heavy (non-hydrogen) atoms. The van der Waals surface area contributed by atoms with Gasteiger partial charge in [-0.2, -0.15) is 11.8 Å². The molecular formula is C75H102N20O19S. The number of nitrogens with one attached hydrogen (secondary N) is 13. The lowest BCUT2D eigenvalue weighted by molar-refractivity contribution is -0.139. The van der Waals surface area contributed by atoms with Gasteiger partial charge in [0.2, 0.25) is 100 Å². The number of benzene rings is 4. The van der Waals surface area contributed by atoms with E-state index in [1.807, 2.05) is 6.07 Å². The number of hydrogen-bond acceptors (Lipinski definition) is 22. The first-order valence-electron chi connectivity index (χ1n) is 37.0. The third-order valence-electron chi connectivity index (χ3n) is 18.4. The van der Waals surface area contributed by atoms with Crippen LogP contribution in [0.15, 0.2) is 97.2 Å². The van der Waals surface area contributed by atoms with Gasteiger partial charge < -0.3 is 119 Å². The number of carbonyl (C=O) groups is 17. The van der Waals surface area contributed by atoms with Crippen LogP contribution in [0, 0.1) is 0 Å². The van der Waals surface area contributed by atoms with Crippen molar-refractivity contribution < 1.29 is 91.4 Å². The van der Waals surface area contributed by atoms with Crippen LogP contribution >= 0.6 is 11.8 Å². The highest BCUT2D eigenvalue weighted by Crippen LogP contribution is 2.23. The van der Waals surface area contributed by atoms with Crippen molar-refractivity contribution in [2.45, 2.75) is 176 Å². The first-order valence-corrected chi connectivity index (χ1v) is 38.1. The number of aliphatic hydroxyl groups excluding tert-OH is 1. The summed E-state index contributed by atoms with van der Waals surface area (Å²) >= 11 is 0.916. The number of H-pyrrole nitrogens is 1. The molecule has 1 fully saturated rings. The van der Waals surface area contributed by atoms with Gasteiger partial charge in [-0.25, -0.2) is 0 Å². The monoisotopic (exact) mass is 1620 g/mol. The largest absolute Gasteiger partial charge is 0.492 e. The average Bonchev–Trinajstić information content (AvgIpc) is 1.41. The Balaban J connectivity index is 1.46. The Morgan fingerprint density at radius 1 is 0.591 bits per heavy atom. The molecule has 622 valence electrons. The number of ether oxygens (including phenoxy) is 1. The Morgan fingerprint density at radius 3 is 1.77 bits per heavy atom. The Bertz CT molecular complexity index is 4350. The summed E-state index contributed by atoms with van der Waals surface area (Å²) in [5, 5.41) is 43.2. The standard InChI is InChI=1S/C75H102N20O19S/c1-39(96)63-73(112)91-54(33-45-36-83-48-13-7-6-12-47(45)48)69(108)87-49(20-22-58(78)98)65(104)92-57(38-115-29-24-51(85-40(2)97)66(105)86-50(67(106)94-63)21-23-59(79)99)71(110)88-52(31-41-15-18-46(19-16-41)114-28-27-77)68(107)89-53(32-42-14-17-43-10-4-5-11-44(43)30-42)72(111)95-75(3,25-8-9-26-76)74(113)93-56(35-61(81)101)70(109)90-55(34-60(80)100)64(103)84-37-62(82)102/h4-7,10-19,30,36,39,49-57,63,83,96H,8-9,20-29,31-35,37-38,76-77H2,1-3H3,(H2,78,98)(H2,79,99)(H2,80,100)(H2,81,101)(H2,82,102)(H,84,103)(H,85,97)(H,86,105)(H,87,108)(H,88,110)(H,89,107)(H,90,109)(H,91,112)(H,92,104)(H,93,113)(H,94,106)(H,95,111)/t39-,49+,50+,51+,52+,53+,54+,55+,56+,57+,63+,75+/m1/s1. The number of aliphatic hydroxyl groups is 1. The van der Waals surface area contributed by atoms with Crippen molar-refractivity contribution in [3.8, 4) is 5.75 Å². The Morgan fingerprint density at radius 2 is 1.16 bits per heavy atom. The van der Waals surface area contributed by atoms with E-state index in [9.17, 15) is 67.4 Å². The van der Waals surface area contributed by atoms with E-state index >= 15 is 19.2 Å². The van der Waals surface area contributed by atoms with Crippen LogP contribution in [0.25, 0.3) is 21.7 Å². The number of nitrogens with two attached hydrogens (primary N) is 7. The van der Waals surface area contributed by atoms with E-state index in [0.717, 1.165) is 31.0 Å². The Labute approximate surface area is 664 Å². The molecule has 1 aliphatic rings. The fourth-order valence-corrected chi connectivity index (χ4v) is 13.3. The molecule has 12 atom stereocenters. The molecule has 17 amide bonds. The first-order chi connectivity index (χ1) is 54.6. The van der Waals surface area contributed by atoms with E-state index in [4.69, 9.17) is 44.9 Å². The smallest absolute Gasteiger partial charge is 0.246 e. The minimum Gasteiger partial charge on any atom is -0.492 e. The topological polar surface area (TPSA) is 662 Å². The SMILES string of the molecule is CC(=O)N[C@H]1CCSC[C@@H](C(=O)N[C@@H](Cc2ccc(OCCN)cc2)C(=O)N[C@@H](Cc2ccc3ccccc3c2)C(=O)N[C@@](C)(CCCCN)C(=O)N[C@@H](CC(N)=O)C(=O)N[C@@H](CC(N)=O)C(=O)NCC(N)=O)NC(=O)[C@H](CCC(N)=O)NC(=O)[C@H](Cc2c[nH]c3ccccc23)NC(=O)[C@H]([C@@H](C)O)NC(=O)[C@H](CCC(N)=O)NC1=O. The Hall–Kier alpha value is -12.3. The zero-order chi connectivity index (χ0) is 84.6. The summed E-state index contributed by atoms with van der Waals surface area (Å²) < 4.78 is 5.71. The number of hydrogen-bond donors (Lipinski definition) is 21. The van der Waals surface area contributed by atoms with Crippen LogP contribution in [-0.4, -0.2) is 220 Å². The molecule has 1 aliphatic heterocycles. The molecule has 0 bridgehead atoms. The van der Waals surface area contributed by atoms with Gasteiger partial charge in [-0.15, -0.1) is 0 Å². The molecule has 28 N–H and O–H groups in total. The van der Waals surface area contributed by atoms with Gasteiger partial charge in [0.1, 0.15) is 78.3 Å². The van der Waals surface area contributed by atoms with Crippen LogP contribution < -0.4 is 109 Å². The summed E-state index contributed by atoms with van der Waals surface area (Å²) in [5.74, 6) is -18.2. The summed E-state index contributed by atoms with van der Waals surface area (Å²) in [6.45, 7) is 3.13. The van der Waals surface area contributed by atoms with Crippen molar-refractivity contribution in [2.24, 2.45) is 40.1 Å². The van der Waals surface area contributed by atoms with Gasteiger partial charge in [0.05, 0.1) is 25.5 Å². The van der Waals surface area contributed by atoms with Crippen LogP contribution in [0.3, 0.4) is 0 Å². The van der Waals surface area contributed by atoms with Gasteiger partial charge in [0.15, 0.2) is 0 Å². The Kier molecular flexibility index (Phi) is 35.7. The highest BCUT2D eigenvalue weighted by atomic mass is 32.2. The molecule has 4 aromatic carbocycles. The molecular weight excluding hydrogens is 1520 g/mol. The highest BCUT2D eigenvalue weighted by Gasteiger charge is 2.42. The third kappa shape index (κ3) is 29.6. The van der Waals surface area contributed by atoms with Crippen molar-refractivity contribution in [1.29, 1.82) is 0 Å². The normalized spacial score (nSPS) is 19.0. The van der Waals surface area contributed by atoms with E-state index in [1.165, 1.54) is 6.92 Å². The quantitative estimate of drug-likeness (QED) is 0.0164. The second kappa shape index (κ2) is 44.8. The zero-order valence-electron chi connectivity index (χ0n) is 63.8. The van der Waals surface area contributed by atoms with E-state index in [2.05, 4.69) is 68.8 Å². The van der Waals surface area contributed by atoms with Crippen LogP contribution in [0.2, 0.25) is 0 Å². The molecule has 0 radical (unpaired) electrons. The van der Waals surface area contributed by atoms with Crippen LogP contribution in [0.5, 0.6) is 5.75 Å². The van der Waals surface area contributed by atoms with Crippen LogP contribution in [0.1, 0.15) is 102 Å². The molecule has 39 nitrogen and oxygen atoms in total. The molecule has 5 aromatic rings. The van der Waals surface area contributed by atoms with Crippen LogP contribution in [-0.2, 0) is 101 Å². The lowest BCUT2D eigenvalue weighted by Crippen LogP contribution is -2.65. The van der Waals surface area contributed by atoms with Gasteiger partial charge in [-0.3, -0.25) is 81.5 Å². The van der Waals surface area contributed by atoms with Crippen molar-refractivity contribution in [3.05, 3.63) is 114 Å². The summed E-state index contributed by atoms with van der Waals surface area (Å²) in [5.41, 5.74) is 38.6. The number of thioether (sulfide) groups is 1. The number of aromatic amines is 1. The first kappa shape index (κ1) is 91.6. The second-order valence-corrected chi connectivity index (χ2v) is 29.0. The fraction of sp³-hybridized carbons (Fsp3) is 0.453. The van der Waals surface area contributed by atoms with Crippen molar-refractivity contribution in [2.75, 3.05) is 37.7 Å². The number of rotatable bonds is 38. The molecule has 0 aliphatic carbocycles. The zero-order valence-corrected chi connectivity index (χ0v) is 64.6. The third-order valence-corrected chi connectivity index (χ3v) is 19.5. The predicted molar refractivity (Wildman–Crippen MR) is 419 cm³/mol. The number of para-hydroxylation sites is 1. The van der Waals surface area contributed by atoms with Gasteiger partial charge in [-0.1, -0.05) is 72.8 Å². The summed E-state index contributed by atoms with van der Waals surface area (Å²) in [4.78, 5) is 239. The maximum absolute atomic E-state index is 15.7. The molecule has 2 heterocycles. The lowest BCUT2D eigenvalue weighted by atomic mass is 9.91. The van der Waals surface area contributed by atoms with Gasteiger partial charge >= 0.3 is 0 Å². The van der Waals surface area contributed by atoms with Crippen molar-refractivity contribution in [1.82, 2.24) is 68.8 Å². The predicted octanol–water partition coefficient (Wildman–Crippen LogP) is -6.04. The molecule has 1 aromatic heterocycles. The van der Waals surface area contributed by atoms with Crippen molar-refractivity contribution >= 4 is 134 Å². The number of carbonyl (C=O) groups excluding carboxylic acids is 17. The second-order valence-electron chi connectivity index (χ2n) is 27.8.